The highest BCUT2D eigenvalue weighted by molar-refractivity contribution is 7.17. The van der Waals surface area contributed by atoms with Crippen LogP contribution in [0.1, 0.15) is 24.7 Å². The molecule has 0 saturated carbocycles. The van der Waals surface area contributed by atoms with Crippen LogP contribution in [0.2, 0.25) is 0 Å². The number of piperidine rings is 1. The predicted molar refractivity (Wildman–Crippen MR) is 83.7 cm³/mol. The molecule has 0 aromatic carbocycles. The summed E-state index contributed by atoms with van der Waals surface area (Å²) in [5, 5.41) is 3.38. The van der Waals surface area contributed by atoms with Crippen molar-refractivity contribution < 1.29 is 4.74 Å². The molecule has 0 amide bonds. The standard InChI is InChI=1S/C15H21N3OS/c1-9-5-6-18(7-12(9)19-4)14-13-10(2)8-20-15(13)17-11(3)16-14/h8-9,12H,5-7H2,1-4H3. The molecule has 2 aromatic heterocycles. The van der Waals surface area contributed by atoms with Crippen molar-refractivity contribution in [1.82, 2.24) is 9.97 Å². The van der Waals surface area contributed by atoms with Crippen LogP contribution in [0.15, 0.2) is 5.38 Å². The van der Waals surface area contributed by atoms with Crippen molar-refractivity contribution in [3.63, 3.8) is 0 Å². The number of hydrogen-bond donors (Lipinski definition) is 0. The van der Waals surface area contributed by atoms with E-state index in [-0.39, 0.29) is 6.10 Å². The van der Waals surface area contributed by atoms with Gasteiger partial charge in [0.15, 0.2) is 0 Å². The molecule has 4 nitrogen and oxygen atoms in total. The summed E-state index contributed by atoms with van der Waals surface area (Å²) in [7, 11) is 1.81. The van der Waals surface area contributed by atoms with E-state index in [1.54, 1.807) is 18.4 Å². The molecule has 1 aliphatic rings. The van der Waals surface area contributed by atoms with Crippen LogP contribution in [0.25, 0.3) is 10.2 Å². The maximum absolute atomic E-state index is 5.63. The van der Waals surface area contributed by atoms with Crippen LogP contribution in [0.3, 0.4) is 0 Å². The molecule has 1 fully saturated rings. The number of fused-ring (bicyclic) bond motifs is 1. The fourth-order valence-electron chi connectivity index (χ4n) is 2.93. The average Bonchev–Trinajstić information content (AvgIpc) is 2.80. The lowest BCUT2D eigenvalue weighted by Crippen LogP contribution is -2.44. The number of ether oxygens (including phenoxy) is 1. The first kappa shape index (κ1) is 13.8. The first-order chi connectivity index (χ1) is 9.60. The van der Waals surface area contributed by atoms with E-state index < -0.39 is 0 Å². The minimum atomic E-state index is 0.285. The Labute approximate surface area is 123 Å². The van der Waals surface area contributed by atoms with E-state index in [9.17, 15) is 0 Å². The zero-order valence-corrected chi connectivity index (χ0v) is 13.3. The zero-order chi connectivity index (χ0) is 14.3. The molecule has 0 N–H and O–H groups in total. The molecule has 0 spiro atoms. The number of aromatic nitrogens is 2. The third-order valence-corrected chi connectivity index (χ3v) is 5.19. The van der Waals surface area contributed by atoms with Crippen LogP contribution in [-0.4, -0.2) is 36.3 Å². The van der Waals surface area contributed by atoms with Gasteiger partial charge >= 0.3 is 0 Å². The van der Waals surface area contributed by atoms with Gasteiger partial charge in [-0.05, 0) is 37.1 Å². The van der Waals surface area contributed by atoms with Crippen molar-refractivity contribution in [2.75, 3.05) is 25.1 Å². The van der Waals surface area contributed by atoms with Gasteiger partial charge in [0.1, 0.15) is 16.5 Å². The molecule has 2 atom stereocenters. The van der Waals surface area contributed by atoms with Gasteiger partial charge in [0, 0.05) is 20.2 Å². The number of anilines is 1. The molecule has 0 bridgehead atoms. The van der Waals surface area contributed by atoms with Crippen LogP contribution in [0.4, 0.5) is 5.82 Å². The van der Waals surface area contributed by atoms with Gasteiger partial charge in [0.25, 0.3) is 0 Å². The number of rotatable bonds is 2. The van der Waals surface area contributed by atoms with E-state index in [1.165, 1.54) is 10.9 Å². The molecule has 2 aromatic rings. The normalized spacial score (nSPS) is 23.5. The first-order valence-electron chi connectivity index (χ1n) is 7.10. The fraction of sp³-hybridized carbons (Fsp3) is 0.600. The first-order valence-corrected chi connectivity index (χ1v) is 7.98. The van der Waals surface area contributed by atoms with E-state index in [0.29, 0.717) is 5.92 Å². The molecule has 0 aliphatic carbocycles. The predicted octanol–water partition coefficient (Wildman–Crippen LogP) is 3.17. The van der Waals surface area contributed by atoms with Crippen LogP contribution in [0.5, 0.6) is 0 Å². The van der Waals surface area contributed by atoms with Crippen molar-refractivity contribution >= 4 is 27.4 Å². The molecule has 2 unspecified atom stereocenters. The van der Waals surface area contributed by atoms with Crippen LogP contribution < -0.4 is 4.90 Å². The van der Waals surface area contributed by atoms with Crippen molar-refractivity contribution in [2.24, 2.45) is 5.92 Å². The number of hydrogen-bond acceptors (Lipinski definition) is 5. The highest BCUT2D eigenvalue weighted by atomic mass is 32.1. The minimum Gasteiger partial charge on any atom is -0.379 e. The van der Waals surface area contributed by atoms with Crippen LogP contribution in [0, 0.1) is 19.8 Å². The minimum absolute atomic E-state index is 0.285. The Morgan fingerprint density at radius 1 is 1.35 bits per heavy atom. The Bertz CT molecular complexity index is 625. The maximum atomic E-state index is 5.63. The summed E-state index contributed by atoms with van der Waals surface area (Å²) in [6, 6.07) is 0. The van der Waals surface area contributed by atoms with E-state index in [4.69, 9.17) is 9.72 Å². The fourth-order valence-corrected chi connectivity index (χ4v) is 3.89. The van der Waals surface area contributed by atoms with E-state index in [2.05, 4.69) is 29.1 Å². The smallest absolute Gasteiger partial charge is 0.141 e. The summed E-state index contributed by atoms with van der Waals surface area (Å²) in [6.07, 6.45) is 1.43. The number of methoxy groups -OCH3 is 1. The van der Waals surface area contributed by atoms with Crippen molar-refractivity contribution in [2.45, 2.75) is 33.3 Å². The van der Waals surface area contributed by atoms with E-state index in [1.807, 2.05) is 6.92 Å². The van der Waals surface area contributed by atoms with Gasteiger partial charge in [-0.25, -0.2) is 9.97 Å². The largest absolute Gasteiger partial charge is 0.379 e. The summed E-state index contributed by atoms with van der Waals surface area (Å²) < 4.78 is 5.63. The van der Waals surface area contributed by atoms with Crippen LogP contribution >= 0.6 is 11.3 Å². The SMILES string of the molecule is COC1CN(c2nc(C)nc3scc(C)c23)CCC1C. The Balaban J connectivity index is 2.03. The molecule has 3 heterocycles. The third-order valence-electron chi connectivity index (χ3n) is 4.20. The lowest BCUT2D eigenvalue weighted by molar-refractivity contribution is 0.0497. The topological polar surface area (TPSA) is 38.2 Å². The van der Waals surface area contributed by atoms with Gasteiger partial charge in [-0.1, -0.05) is 6.92 Å². The second kappa shape index (κ2) is 5.30. The van der Waals surface area contributed by atoms with Crippen LogP contribution in [-0.2, 0) is 4.74 Å². The van der Waals surface area contributed by atoms with Gasteiger partial charge in [-0.3, -0.25) is 0 Å². The van der Waals surface area contributed by atoms with E-state index >= 15 is 0 Å². The molecule has 108 valence electrons. The molecule has 1 saturated heterocycles. The molecule has 1 aliphatic heterocycles. The highest BCUT2D eigenvalue weighted by Crippen LogP contribution is 2.33. The number of aryl methyl sites for hydroxylation is 2. The molecule has 3 rings (SSSR count). The van der Waals surface area contributed by atoms with Crippen molar-refractivity contribution in [3.8, 4) is 0 Å². The molecule has 20 heavy (non-hydrogen) atoms. The van der Waals surface area contributed by atoms with E-state index in [0.717, 1.165) is 36.0 Å². The lowest BCUT2D eigenvalue weighted by Gasteiger charge is -2.37. The van der Waals surface area contributed by atoms with Gasteiger partial charge in [-0.15, -0.1) is 11.3 Å². The van der Waals surface area contributed by atoms with Crippen molar-refractivity contribution in [3.05, 3.63) is 16.8 Å². The second-order valence-corrected chi connectivity index (χ2v) is 6.54. The molecule has 0 radical (unpaired) electrons. The average molecular weight is 291 g/mol. The Morgan fingerprint density at radius 2 is 2.15 bits per heavy atom. The lowest BCUT2D eigenvalue weighted by atomic mass is 9.95. The second-order valence-electron chi connectivity index (χ2n) is 5.68. The molecular weight excluding hydrogens is 270 g/mol. The maximum Gasteiger partial charge on any atom is 0.141 e. The summed E-state index contributed by atoms with van der Waals surface area (Å²) >= 11 is 1.70. The van der Waals surface area contributed by atoms with Gasteiger partial charge in [0.2, 0.25) is 0 Å². The van der Waals surface area contributed by atoms with Crippen molar-refractivity contribution in [1.29, 1.82) is 0 Å². The summed E-state index contributed by atoms with van der Waals surface area (Å²) in [5.41, 5.74) is 1.27. The molecular formula is C15H21N3OS. The van der Waals surface area contributed by atoms with Gasteiger partial charge in [-0.2, -0.15) is 0 Å². The van der Waals surface area contributed by atoms with Gasteiger partial charge < -0.3 is 9.64 Å². The summed E-state index contributed by atoms with van der Waals surface area (Å²) in [4.78, 5) is 12.7. The Hall–Kier alpha value is -1.20. The zero-order valence-electron chi connectivity index (χ0n) is 12.5. The highest BCUT2D eigenvalue weighted by Gasteiger charge is 2.28. The monoisotopic (exact) mass is 291 g/mol. The van der Waals surface area contributed by atoms with Gasteiger partial charge in [0.05, 0.1) is 11.5 Å². The third kappa shape index (κ3) is 2.29. The Morgan fingerprint density at radius 3 is 2.90 bits per heavy atom. The molecule has 5 heteroatoms. The number of thiophene rings is 1. The quantitative estimate of drug-likeness (QED) is 0.852. The number of nitrogens with zero attached hydrogens (tertiary/aromatic N) is 3. The summed E-state index contributed by atoms with van der Waals surface area (Å²) in [6.45, 7) is 8.34. The summed E-state index contributed by atoms with van der Waals surface area (Å²) in [5.74, 6) is 2.54. The Kier molecular flexibility index (Phi) is 3.65.